The second kappa shape index (κ2) is 9.07. The summed E-state index contributed by atoms with van der Waals surface area (Å²) in [6, 6.07) is 7.02. The second-order valence-corrected chi connectivity index (χ2v) is 9.06. The standard InChI is InChI=1S/C21H24ClNO5S/c1-12-9-13(2)15(4)20(14(12)3)29(26,27)23-16(5)21(25)28-11-19(24)17-7-6-8-18(22)10-17/h6-10,16,23H,11H2,1-5H3/t16-/m1/s1. The molecule has 0 unspecified atom stereocenters. The lowest BCUT2D eigenvalue weighted by molar-refractivity contribution is -0.144. The first-order chi connectivity index (χ1) is 13.4. The molecule has 0 aromatic heterocycles. The maximum atomic E-state index is 12.9. The van der Waals surface area contributed by atoms with Crippen molar-refractivity contribution in [3.8, 4) is 0 Å². The van der Waals surface area contributed by atoms with Crippen LogP contribution in [0.3, 0.4) is 0 Å². The van der Waals surface area contributed by atoms with E-state index in [9.17, 15) is 18.0 Å². The smallest absolute Gasteiger partial charge is 0.324 e. The molecular formula is C21H24ClNO5S. The summed E-state index contributed by atoms with van der Waals surface area (Å²) in [6.07, 6.45) is 0. The number of sulfonamides is 1. The summed E-state index contributed by atoms with van der Waals surface area (Å²) < 4.78 is 33.1. The quantitative estimate of drug-likeness (QED) is 0.527. The molecule has 2 aromatic carbocycles. The van der Waals surface area contributed by atoms with Crippen LogP contribution in [0.1, 0.15) is 39.5 Å². The lowest BCUT2D eigenvalue weighted by Gasteiger charge is -2.18. The van der Waals surface area contributed by atoms with E-state index < -0.39 is 34.4 Å². The highest BCUT2D eigenvalue weighted by Gasteiger charge is 2.27. The average Bonchev–Trinajstić information content (AvgIpc) is 2.63. The highest BCUT2D eigenvalue weighted by Crippen LogP contribution is 2.26. The highest BCUT2D eigenvalue weighted by molar-refractivity contribution is 7.89. The van der Waals surface area contributed by atoms with E-state index >= 15 is 0 Å². The Hall–Kier alpha value is -2.22. The van der Waals surface area contributed by atoms with Gasteiger partial charge in [0.2, 0.25) is 10.0 Å². The number of halogens is 1. The van der Waals surface area contributed by atoms with Gasteiger partial charge in [0.1, 0.15) is 6.04 Å². The lowest BCUT2D eigenvalue weighted by atomic mass is 10.0. The number of carbonyl (C=O) groups is 2. The number of ketones is 1. The Morgan fingerprint density at radius 3 is 2.21 bits per heavy atom. The number of nitrogens with one attached hydrogen (secondary N) is 1. The third kappa shape index (κ3) is 5.44. The molecule has 0 radical (unpaired) electrons. The average molecular weight is 438 g/mol. The Balaban J connectivity index is 2.10. The number of Topliss-reactive ketones (excluding diaryl/α,β-unsaturated/α-hetero) is 1. The molecule has 29 heavy (non-hydrogen) atoms. The number of rotatable bonds is 7. The van der Waals surface area contributed by atoms with E-state index in [2.05, 4.69) is 4.72 Å². The van der Waals surface area contributed by atoms with Crippen LogP contribution in [0.2, 0.25) is 5.02 Å². The number of benzene rings is 2. The van der Waals surface area contributed by atoms with Crippen molar-refractivity contribution >= 4 is 33.4 Å². The summed E-state index contributed by atoms with van der Waals surface area (Å²) in [5.74, 6) is -1.28. The summed E-state index contributed by atoms with van der Waals surface area (Å²) in [7, 11) is -3.96. The van der Waals surface area contributed by atoms with Crippen molar-refractivity contribution in [2.24, 2.45) is 0 Å². The van der Waals surface area contributed by atoms with Gasteiger partial charge in [-0.25, -0.2) is 8.42 Å². The van der Waals surface area contributed by atoms with Crippen LogP contribution in [-0.4, -0.2) is 32.8 Å². The Labute approximate surface area is 176 Å². The first kappa shape index (κ1) is 23.1. The van der Waals surface area contributed by atoms with E-state index in [4.69, 9.17) is 16.3 Å². The molecule has 2 aromatic rings. The molecule has 156 valence electrons. The third-order valence-corrected chi connectivity index (χ3v) is 6.79. The van der Waals surface area contributed by atoms with Gasteiger partial charge < -0.3 is 4.74 Å². The Morgan fingerprint density at radius 2 is 1.66 bits per heavy atom. The number of esters is 1. The molecule has 8 heteroatoms. The number of aryl methyl sites for hydroxylation is 2. The summed E-state index contributed by atoms with van der Waals surface area (Å²) in [5, 5.41) is 0.391. The minimum Gasteiger partial charge on any atom is -0.456 e. The SMILES string of the molecule is Cc1cc(C)c(C)c(S(=O)(=O)N[C@H](C)C(=O)OCC(=O)c2cccc(Cl)c2)c1C. The fraction of sp³-hybridized carbons (Fsp3) is 0.333. The van der Waals surface area contributed by atoms with Gasteiger partial charge in [-0.1, -0.05) is 29.8 Å². The van der Waals surface area contributed by atoms with Crippen LogP contribution in [0.4, 0.5) is 0 Å². The topological polar surface area (TPSA) is 89.5 Å². The zero-order valence-electron chi connectivity index (χ0n) is 17.0. The molecule has 0 aliphatic carbocycles. The normalized spacial score (nSPS) is 12.5. The molecule has 0 spiro atoms. The van der Waals surface area contributed by atoms with Crippen LogP contribution in [0, 0.1) is 27.7 Å². The van der Waals surface area contributed by atoms with Gasteiger partial charge in [0.25, 0.3) is 0 Å². The molecule has 0 heterocycles. The predicted octanol–water partition coefficient (Wildman–Crippen LogP) is 3.67. The van der Waals surface area contributed by atoms with Gasteiger partial charge in [0.05, 0.1) is 4.90 Å². The van der Waals surface area contributed by atoms with Gasteiger partial charge in [-0.15, -0.1) is 0 Å². The monoisotopic (exact) mass is 437 g/mol. The molecule has 0 amide bonds. The molecule has 0 saturated heterocycles. The molecule has 1 atom stereocenters. The minimum atomic E-state index is -3.96. The molecule has 0 saturated carbocycles. The van der Waals surface area contributed by atoms with Gasteiger partial charge >= 0.3 is 5.97 Å². The maximum Gasteiger partial charge on any atom is 0.324 e. The van der Waals surface area contributed by atoms with Crippen molar-refractivity contribution in [3.63, 3.8) is 0 Å². The van der Waals surface area contributed by atoms with Crippen molar-refractivity contribution in [2.75, 3.05) is 6.61 Å². The summed E-state index contributed by atoms with van der Waals surface area (Å²) in [5.41, 5.74) is 3.24. The first-order valence-electron chi connectivity index (χ1n) is 8.99. The fourth-order valence-corrected chi connectivity index (χ4v) is 4.93. The number of carbonyl (C=O) groups excluding carboxylic acids is 2. The zero-order chi connectivity index (χ0) is 21.9. The van der Waals surface area contributed by atoms with E-state index in [0.29, 0.717) is 21.7 Å². The van der Waals surface area contributed by atoms with Gasteiger partial charge in [-0.05, 0) is 69.0 Å². The number of ether oxygens (including phenoxy) is 1. The van der Waals surface area contributed by atoms with E-state index in [1.165, 1.54) is 13.0 Å². The van der Waals surface area contributed by atoms with E-state index in [1.807, 2.05) is 19.9 Å². The molecule has 6 nitrogen and oxygen atoms in total. The molecule has 1 N–H and O–H groups in total. The largest absolute Gasteiger partial charge is 0.456 e. The van der Waals surface area contributed by atoms with Crippen LogP contribution >= 0.6 is 11.6 Å². The number of hydrogen-bond donors (Lipinski definition) is 1. The van der Waals surface area contributed by atoms with Gasteiger partial charge in [-0.3, -0.25) is 9.59 Å². The molecular weight excluding hydrogens is 414 g/mol. The zero-order valence-corrected chi connectivity index (χ0v) is 18.6. The minimum absolute atomic E-state index is 0.157. The molecule has 0 aliphatic rings. The van der Waals surface area contributed by atoms with Crippen LogP contribution in [-0.2, 0) is 19.6 Å². The molecule has 0 bridgehead atoms. The van der Waals surface area contributed by atoms with Crippen molar-refractivity contribution in [1.82, 2.24) is 4.72 Å². The van der Waals surface area contributed by atoms with Crippen LogP contribution < -0.4 is 4.72 Å². The van der Waals surface area contributed by atoms with Crippen molar-refractivity contribution in [1.29, 1.82) is 0 Å². The van der Waals surface area contributed by atoms with E-state index in [-0.39, 0.29) is 4.90 Å². The molecule has 0 fully saturated rings. The fourth-order valence-electron chi connectivity index (χ4n) is 2.93. The van der Waals surface area contributed by atoms with Crippen molar-refractivity contribution < 1.29 is 22.7 Å². The first-order valence-corrected chi connectivity index (χ1v) is 10.8. The van der Waals surface area contributed by atoms with Gasteiger partial charge in [0.15, 0.2) is 12.4 Å². The highest BCUT2D eigenvalue weighted by atomic mass is 35.5. The van der Waals surface area contributed by atoms with Crippen molar-refractivity contribution in [2.45, 2.75) is 45.6 Å². The van der Waals surface area contributed by atoms with Gasteiger partial charge in [-0.2, -0.15) is 4.72 Å². The second-order valence-electron chi connectivity index (χ2n) is 6.97. The predicted molar refractivity (Wildman–Crippen MR) is 112 cm³/mol. The molecule has 2 rings (SSSR count). The summed E-state index contributed by atoms with van der Waals surface area (Å²) >= 11 is 5.84. The Bertz CT molecular complexity index is 1040. The van der Waals surface area contributed by atoms with Gasteiger partial charge in [0, 0.05) is 10.6 Å². The van der Waals surface area contributed by atoms with Crippen LogP contribution in [0.25, 0.3) is 0 Å². The molecule has 0 aliphatic heterocycles. The van der Waals surface area contributed by atoms with E-state index in [0.717, 1.165) is 11.1 Å². The third-order valence-electron chi connectivity index (χ3n) is 4.74. The number of hydrogen-bond acceptors (Lipinski definition) is 5. The van der Waals surface area contributed by atoms with E-state index in [1.54, 1.807) is 32.0 Å². The Kier molecular flexibility index (Phi) is 7.21. The summed E-state index contributed by atoms with van der Waals surface area (Å²) in [6.45, 7) is 7.98. The maximum absolute atomic E-state index is 12.9. The Morgan fingerprint density at radius 1 is 1.07 bits per heavy atom. The summed E-state index contributed by atoms with van der Waals surface area (Å²) in [4.78, 5) is 24.5. The van der Waals surface area contributed by atoms with Crippen molar-refractivity contribution in [3.05, 3.63) is 63.2 Å². The van der Waals surface area contributed by atoms with Crippen LogP contribution in [0.5, 0.6) is 0 Å². The van der Waals surface area contributed by atoms with Crippen LogP contribution in [0.15, 0.2) is 35.2 Å². The lowest BCUT2D eigenvalue weighted by Crippen LogP contribution is -2.40.